The van der Waals surface area contributed by atoms with Gasteiger partial charge in [-0.2, -0.15) is 0 Å². The van der Waals surface area contributed by atoms with Crippen molar-refractivity contribution >= 4 is 11.4 Å². The van der Waals surface area contributed by atoms with E-state index in [9.17, 15) is 10.1 Å². The molecule has 0 radical (unpaired) electrons. The lowest BCUT2D eigenvalue weighted by Crippen LogP contribution is -2.04. The van der Waals surface area contributed by atoms with Crippen LogP contribution >= 0.6 is 0 Å². The first-order valence-electron chi connectivity index (χ1n) is 5.67. The van der Waals surface area contributed by atoms with Crippen LogP contribution in [0.4, 0.5) is 11.4 Å². The minimum Gasteiger partial charge on any atom is -0.379 e. The van der Waals surface area contributed by atoms with Crippen molar-refractivity contribution in [2.45, 2.75) is 13.5 Å². The lowest BCUT2D eigenvalue weighted by Gasteiger charge is -2.08. The van der Waals surface area contributed by atoms with Gasteiger partial charge in [-0.05, 0) is 25.1 Å². The van der Waals surface area contributed by atoms with Crippen LogP contribution in [0.5, 0.6) is 0 Å². The zero-order chi connectivity index (χ0) is 13.1. The van der Waals surface area contributed by atoms with Gasteiger partial charge in [-0.3, -0.25) is 10.1 Å². The molecular formula is C13H15N3O2. The molecule has 0 aliphatic carbocycles. The van der Waals surface area contributed by atoms with Crippen LogP contribution in [-0.4, -0.2) is 9.49 Å². The second kappa shape index (κ2) is 4.91. The van der Waals surface area contributed by atoms with Crippen molar-refractivity contribution in [3.63, 3.8) is 0 Å². The zero-order valence-electron chi connectivity index (χ0n) is 10.4. The van der Waals surface area contributed by atoms with Gasteiger partial charge in [0.25, 0.3) is 5.69 Å². The maximum Gasteiger partial charge on any atom is 0.274 e. The number of nitrogens with zero attached hydrogens (tertiary/aromatic N) is 2. The predicted molar refractivity (Wildman–Crippen MR) is 70.6 cm³/mol. The van der Waals surface area contributed by atoms with E-state index in [1.54, 1.807) is 19.1 Å². The number of hydrogen-bond acceptors (Lipinski definition) is 3. The van der Waals surface area contributed by atoms with Gasteiger partial charge in [0, 0.05) is 36.3 Å². The van der Waals surface area contributed by atoms with Crippen LogP contribution in [0.25, 0.3) is 0 Å². The summed E-state index contributed by atoms with van der Waals surface area (Å²) in [4.78, 5) is 10.5. The molecule has 18 heavy (non-hydrogen) atoms. The maximum absolute atomic E-state index is 10.8. The molecule has 0 bridgehead atoms. The molecule has 94 valence electrons. The third-order valence-electron chi connectivity index (χ3n) is 2.93. The lowest BCUT2D eigenvalue weighted by molar-refractivity contribution is -0.385. The largest absolute Gasteiger partial charge is 0.379 e. The van der Waals surface area contributed by atoms with Crippen LogP contribution in [0, 0.1) is 17.0 Å². The Hall–Kier alpha value is -2.30. The Kier molecular flexibility index (Phi) is 3.32. The number of aryl methyl sites for hydroxylation is 2. The van der Waals surface area contributed by atoms with E-state index in [0.717, 1.165) is 11.4 Å². The number of aromatic nitrogens is 1. The van der Waals surface area contributed by atoms with Crippen molar-refractivity contribution in [1.29, 1.82) is 0 Å². The van der Waals surface area contributed by atoms with Crippen molar-refractivity contribution in [1.82, 2.24) is 4.57 Å². The van der Waals surface area contributed by atoms with Crippen LogP contribution in [0.2, 0.25) is 0 Å². The van der Waals surface area contributed by atoms with E-state index in [1.807, 2.05) is 36.0 Å². The fourth-order valence-corrected chi connectivity index (χ4v) is 1.79. The van der Waals surface area contributed by atoms with Crippen molar-refractivity contribution in [3.8, 4) is 0 Å². The van der Waals surface area contributed by atoms with Gasteiger partial charge in [0.05, 0.1) is 11.5 Å². The smallest absolute Gasteiger partial charge is 0.274 e. The van der Waals surface area contributed by atoms with Gasteiger partial charge >= 0.3 is 0 Å². The van der Waals surface area contributed by atoms with Gasteiger partial charge in [-0.15, -0.1) is 0 Å². The second-order valence-corrected chi connectivity index (χ2v) is 4.22. The first kappa shape index (κ1) is 12.2. The Morgan fingerprint density at radius 2 is 2.17 bits per heavy atom. The molecule has 0 saturated heterocycles. The van der Waals surface area contributed by atoms with Crippen molar-refractivity contribution in [2.24, 2.45) is 7.05 Å². The number of nitro groups is 1. The van der Waals surface area contributed by atoms with E-state index < -0.39 is 0 Å². The lowest BCUT2D eigenvalue weighted by atomic mass is 10.2. The summed E-state index contributed by atoms with van der Waals surface area (Å²) in [5.41, 5.74) is 2.70. The number of rotatable bonds is 4. The maximum atomic E-state index is 10.8. The number of nitrogens with one attached hydrogen (secondary N) is 1. The molecule has 0 atom stereocenters. The van der Waals surface area contributed by atoms with Crippen LogP contribution < -0.4 is 5.32 Å². The Labute approximate surface area is 105 Å². The molecule has 1 aromatic carbocycles. The topological polar surface area (TPSA) is 60.1 Å². The molecule has 2 rings (SSSR count). The summed E-state index contributed by atoms with van der Waals surface area (Å²) in [5, 5.41) is 14.0. The van der Waals surface area contributed by atoms with Crippen LogP contribution in [0.15, 0.2) is 36.5 Å². The fraction of sp³-hybridized carbons (Fsp3) is 0.231. The molecule has 1 aromatic heterocycles. The van der Waals surface area contributed by atoms with E-state index in [0.29, 0.717) is 12.1 Å². The summed E-state index contributed by atoms with van der Waals surface area (Å²) in [6, 6.07) is 9.15. The molecule has 5 heteroatoms. The first-order valence-corrected chi connectivity index (χ1v) is 5.67. The Morgan fingerprint density at radius 1 is 1.39 bits per heavy atom. The summed E-state index contributed by atoms with van der Waals surface area (Å²) < 4.78 is 2.01. The predicted octanol–water partition coefficient (Wildman–Crippen LogP) is 2.85. The molecule has 0 aliphatic heterocycles. The van der Waals surface area contributed by atoms with Gasteiger partial charge in [-0.25, -0.2) is 0 Å². The first-order chi connectivity index (χ1) is 8.58. The van der Waals surface area contributed by atoms with E-state index in [4.69, 9.17) is 0 Å². The van der Waals surface area contributed by atoms with Gasteiger partial charge in [-0.1, -0.05) is 6.07 Å². The van der Waals surface area contributed by atoms with E-state index >= 15 is 0 Å². The monoisotopic (exact) mass is 245 g/mol. The summed E-state index contributed by atoms with van der Waals surface area (Å²) in [6.45, 7) is 2.38. The molecule has 1 N–H and O–H groups in total. The Bertz CT molecular complexity index is 575. The number of benzene rings is 1. The van der Waals surface area contributed by atoms with Crippen molar-refractivity contribution < 1.29 is 4.92 Å². The van der Waals surface area contributed by atoms with Gasteiger partial charge in [0.15, 0.2) is 0 Å². The van der Waals surface area contributed by atoms with Gasteiger partial charge in [0.2, 0.25) is 0 Å². The van der Waals surface area contributed by atoms with E-state index in [1.165, 1.54) is 0 Å². The molecule has 0 unspecified atom stereocenters. The third kappa shape index (κ3) is 2.51. The van der Waals surface area contributed by atoms with Gasteiger partial charge in [0.1, 0.15) is 0 Å². The highest BCUT2D eigenvalue weighted by atomic mass is 16.6. The second-order valence-electron chi connectivity index (χ2n) is 4.22. The minimum atomic E-state index is -0.358. The van der Waals surface area contributed by atoms with Crippen molar-refractivity contribution in [3.05, 3.63) is 57.9 Å². The molecule has 0 spiro atoms. The molecule has 0 fully saturated rings. The summed E-state index contributed by atoms with van der Waals surface area (Å²) >= 11 is 0. The number of anilines is 1. The molecule has 0 amide bonds. The van der Waals surface area contributed by atoms with E-state index in [-0.39, 0.29) is 10.6 Å². The van der Waals surface area contributed by atoms with Crippen LogP contribution in [0.3, 0.4) is 0 Å². The highest BCUT2D eigenvalue weighted by molar-refractivity contribution is 5.54. The van der Waals surface area contributed by atoms with Crippen LogP contribution in [-0.2, 0) is 13.6 Å². The fourth-order valence-electron chi connectivity index (χ4n) is 1.79. The average molecular weight is 245 g/mol. The SMILES string of the molecule is Cc1ccc(NCc2cccn2C)cc1[N+](=O)[O-]. The molecule has 5 nitrogen and oxygen atoms in total. The highest BCUT2D eigenvalue weighted by Crippen LogP contribution is 2.22. The molecule has 0 aliphatic rings. The zero-order valence-corrected chi connectivity index (χ0v) is 10.4. The third-order valence-corrected chi connectivity index (χ3v) is 2.93. The van der Waals surface area contributed by atoms with Crippen LogP contribution in [0.1, 0.15) is 11.3 Å². The van der Waals surface area contributed by atoms with Gasteiger partial charge < -0.3 is 9.88 Å². The molecule has 1 heterocycles. The standard InChI is InChI=1S/C13H15N3O2/c1-10-5-6-11(8-13(10)16(17)18)14-9-12-4-3-7-15(12)2/h3-8,14H,9H2,1-2H3. The number of nitro benzene ring substituents is 1. The summed E-state index contributed by atoms with van der Waals surface area (Å²) in [6.07, 6.45) is 1.97. The van der Waals surface area contributed by atoms with E-state index in [2.05, 4.69) is 5.32 Å². The highest BCUT2D eigenvalue weighted by Gasteiger charge is 2.10. The number of hydrogen-bond donors (Lipinski definition) is 1. The summed E-state index contributed by atoms with van der Waals surface area (Å²) in [5.74, 6) is 0. The molecule has 0 saturated carbocycles. The molecule has 2 aromatic rings. The average Bonchev–Trinajstić information content (AvgIpc) is 2.73. The molecular weight excluding hydrogens is 230 g/mol. The Balaban J connectivity index is 2.13. The quantitative estimate of drug-likeness (QED) is 0.665. The normalized spacial score (nSPS) is 10.3. The minimum absolute atomic E-state index is 0.145. The Morgan fingerprint density at radius 3 is 2.78 bits per heavy atom. The van der Waals surface area contributed by atoms with Crippen molar-refractivity contribution in [2.75, 3.05) is 5.32 Å². The summed E-state index contributed by atoms with van der Waals surface area (Å²) in [7, 11) is 1.97.